The van der Waals surface area contributed by atoms with Gasteiger partial charge in [0, 0.05) is 29.6 Å². The number of nitrogen functional groups attached to an aromatic ring is 2. The summed E-state index contributed by atoms with van der Waals surface area (Å²) in [6.07, 6.45) is -0.667. The molecule has 2 rings (SSSR count). The molecule has 0 atom stereocenters. The van der Waals surface area contributed by atoms with E-state index in [-0.39, 0.29) is 27.5 Å². The summed E-state index contributed by atoms with van der Waals surface area (Å²) in [4.78, 5) is 10.9. The summed E-state index contributed by atoms with van der Waals surface area (Å²) < 4.78 is 26.8. The Morgan fingerprint density at radius 3 is 1.93 bits per heavy atom. The molecule has 2 aromatic rings. The van der Waals surface area contributed by atoms with Gasteiger partial charge in [-0.2, -0.15) is 0 Å². The molecule has 12 heteroatoms. The van der Waals surface area contributed by atoms with E-state index in [1.807, 2.05) is 27.7 Å². The van der Waals surface area contributed by atoms with Crippen LogP contribution in [-0.4, -0.2) is 49.1 Å². The number of hydrogen-bond acceptors (Lipinski definition) is 5. The fraction of sp³-hybridized carbons (Fsp3) is 0.235. The normalized spacial score (nSPS) is 9.24. The smallest absolute Gasteiger partial charge is 0.337 e. The summed E-state index contributed by atoms with van der Waals surface area (Å²) in [5.74, 6) is -1.24. The zero-order valence-electron chi connectivity index (χ0n) is 17.1. The molecular formula is C17H25B4N3O4S. The Bertz CT molecular complexity index is 863. The number of nitrogens with one attached hydrogen (secondary N) is 1. The predicted molar refractivity (Wildman–Crippen MR) is 125 cm³/mol. The highest BCUT2D eigenvalue weighted by molar-refractivity contribution is 7.93. The average molecular weight is 411 g/mol. The molecule has 0 fully saturated rings. The van der Waals surface area contributed by atoms with E-state index in [0.29, 0.717) is 0 Å². The van der Waals surface area contributed by atoms with Crippen LogP contribution in [0, 0.1) is 0 Å². The van der Waals surface area contributed by atoms with Crippen molar-refractivity contribution in [2.45, 2.75) is 32.6 Å². The van der Waals surface area contributed by atoms with Crippen LogP contribution in [0.5, 0.6) is 0 Å². The second-order valence-corrected chi connectivity index (χ2v) is 6.44. The highest BCUT2D eigenvalue weighted by Gasteiger charge is 2.21. The van der Waals surface area contributed by atoms with Gasteiger partial charge in [-0.25, -0.2) is 13.2 Å². The van der Waals surface area contributed by atoms with Gasteiger partial charge in [-0.15, -0.1) is 0 Å². The second kappa shape index (κ2) is 14.5. The van der Waals surface area contributed by atoms with Crippen molar-refractivity contribution >= 4 is 62.7 Å². The van der Waals surface area contributed by atoms with Gasteiger partial charge < -0.3 is 16.6 Å². The largest absolute Gasteiger partial charge is 0.478 e. The number of para-hydroxylation sites is 2. The quantitative estimate of drug-likeness (QED) is 0.449. The first-order valence-corrected chi connectivity index (χ1v) is 10.3. The van der Waals surface area contributed by atoms with Crippen molar-refractivity contribution < 1.29 is 18.3 Å². The van der Waals surface area contributed by atoms with E-state index in [1.165, 1.54) is 42.5 Å². The summed E-state index contributed by atoms with van der Waals surface area (Å²) in [5.41, 5.74) is 11.1. The molecule has 0 amide bonds. The molecule has 0 bridgehead atoms. The Hall–Kier alpha value is -2.48. The Morgan fingerprint density at radius 1 is 0.966 bits per heavy atom. The van der Waals surface area contributed by atoms with Gasteiger partial charge in [0.25, 0.3) is 10.0 Å². The summed E-state index contributed by atoms with van der Waals surface area (Å²) in [5, 5.41) is 9.05. The third-order valence-electron chi connectivity index (χ3n) is 2.79. The highest BCUT2D eigenvalue weighted by atomic mass is 32.2. The van der Waals surface area contributed by atoms with Crippen molar-refractivity contribution in [3.05, 3.63) is 48.0 Å². The number of sulfonamides is 1. The summed E-state index contributed by atoms with van der Waals surface area (Å²) in [6.45, 7) is 8.00. The van der Waals surface area contributed by atoms with Crippen molar-refractivity contribution in [3.8, 4) is 0 Å². The maximum atomic E-state index is 12.3. The van der Waals surface area contributed by atoms with Crippen LogP contribution in [0.3, 0.4) is 0 Å². The molecule has 7 nitrogen and oxygen atoms in total. The number of aromatic carboxylic acids is 1. The number of anilines is 3. The Kier molecular flexibility index (Phi) is 14.4. The Balaban J connectivity index is 0. The minimum absolute atomic E-state index is 0.0492. The molecular weight excluding hydrogens is 386 g/mol. The van der Waals surface area contributed by atoms with Gasteiger partial charge in [-0.1, -0.05) is 45.9 Å². The van der Waals surface area contributed by atoms with Crippen LogP contribution in [0.2, 0.25) is 0 Å². The van der Waals surface area contributed by atoms with Crippen molar-refractivity contribution in [1.82, 2.24) is 0 Å². The lowest BCUT2D eigenvalue weighted by Crippen LogP contribution is -2.17. The molecule has 0 aliphatic carbocycles. The van der Waals surface area contributed by atoms with Crippen LogP contribution in [0.1, 0.15) is 38.1 Å². The number of rotatable bonds is 4. The fourth-order valence-electron chi connectivity index (χ4n) is 1.75. The summed E-state index contributed by atoms with van der Waals surface area (Å²) in [6, 6.07) is 9.87. The molecule has 0 aliphatic heterocycles. The topological polar surface area (TPSA) is 136 Å². The molecule has 0 aliphatic rings. The van der Waals surface area contributed by atoms with Crippen molar-refractivity contribution in [2.75, 3.05) is 16.2 Å². The van der Waals surface area contributed by atoms with E-state index in [4.69, 9.17) is 16.6 Å². The van der Waals surface area contributed by atoms with Gasteiger partial charge >= 0.3 is 5.97 Å². The molecule has 6 radical (unpaired) electrons. The summed E-state index contributed by atoms with van der Waals surface area (Å²) >= 11 is 0. The molecule has 0 aromatic heterocycles. The monoisotopic (exact) mass is 411 g/mol. The maximum Gasteiger partial charge on any atom is 0.337 e. The average Bonchev–Trinajstić information content (AvgIpc) is 2.66. The molecule has 29 heavy (non-hydrogen) atoms. The van der Waals surface area contributed by atoms with Gasteiger partial charge in [0.1, 0.15) is 4.90 Å². The van der Waals surface area contributed by atoms with Crippen molar-refractivity contribution in [2.24, 2.45) is 0 Å². The van der Waals surface area contributed by atoms with Crippen LogP contribution in [0.4, 0.5) is 17.1 Å². The minimum Gasteiger partial charge on any atom is -0.478 e. The molecule has 150 valence electrons. The number of nitrogens with two attached hydrogens (primary N) is 2. The lowest BCUT2D eigenvalue weighted by Gasteiger charge is -2.12. The van der Waals surface area contributed by atoms with E-state index in [2.05, 4.69) is 27.9 Å². The van der Waals surface area contributed by atoms with Gasteiger partial charge in [0.2, 0.25) is 0 Å². The van der Waals surface area contributed by atoms with E-state index in [1.54, 1.807) is 0 Å². The number of carboxylic acid groups (broad SMARTS) is 1. The van der Waals surface area contributed by atoms with Crippen molar-refractivity contribution in [3.63, 3.8) is 0 Å². The number of carbonyl (C=O) groups is 1. The molecule has 0 saturated carbocycles. The van der Waals surface area contributed by atoms with Crippen LogP contribution in [-0.2, 0) is 10.0 Å². The first kappa shape index (κ1) is 28.7. The van der Waals surface area contributed by atoms with Crippen molar-refractivity contribution in [1.29, 1.82) is 0 Å². The third kappa shape index (κ3) is 10.0. The minimum atomic E-state index is -4.04. The second-order valence-electron chi connectivity index (χ2n) is 4.79. The SMILES string of the molecule is CC.CC.Nc1cccc(S(=O)(=O)Nc2ccccc2C(=O)O)c1N.[B]B([B])[B]. The first-order chi connectivity index (χ1) is 13.6. The highest BCUT2D eigenvalue weighted by Crippen LogP contribution is 2.27. The molecule has 0 unspecified atom stereocenters. The summed E-state index contributed by atoms with van der Waals surface area (Å²) in [7, 11) is 9.96. The molecule has 6 N–H and O–H groups in total. The van der Waals surface area contributed by atoms with Crippen LogP contribution in [0.15, 0.2) is 47.4 Å². The Labute approximate surface area is 178 Å². The number of hydrogen-bond donors (Lipinski definition) is 4. The van der Waals surface area contributed by atoms with Gasteiger partial charge in [-0.3, -0.25) is 4.72 Å². The zero-order chi connectivity index (χ0) is 23.2. The zero-order valence-corrected chi connectivity index (χ0v) is 17.9. The first-order valence-electron chi connectivity index (χ1n) is 8.82. The lowest BCUT2D eigenvalue weighted by atomic mass is 9.08. The maximum absolute atomic E-state index is 12.3. The molecule has 2 aromatic carbocycles. The van der Waals surface area contributed by atoms with E-state index >= 15 is 0 Å². The molecule has 0 spiro atoms. The van der Waals surface area contributed by atoms with Gasteiger partial charge in [-0.05, 0) is 24.3 Å². The molecule has 0 heterocycles. The van der Waals surface area contributed by atoms with Gasteiger partial charge in [0.05, 0.1) is 22.6 Å². The molecule has 0 saturated heterocycles. The van der Waals surface area contributed by atoms with E-state index < -0.39 is 22.4 Å². The standard InChI is InChI=1S/C13H13N3O4S.2C2H6.B4/c14-9-5-3-7-11(12(9)15)21(19,20)16-10-6-2-1-4-8(10)13(17)18;2*1-2;1-4(2)3/h1-7,16H,14-15H2,(H,17,18);2*1-2H3;. The number of benzene rings is 2. The van der Waals surface area contributed by atoms with E-state index in [9.17, 15) is 13.2 Å². The lowest BCUT2D eigenvalue weighted by molar-refractivity contribution is 0.0698. The predicted octanol–water partition coefficient (Wildman–Crippen LogP) is 1.88. The van der Waals surface area contributed by atoms with Crippen LogP contribution < -0.4 is 16.2 Å². The third-order valence-corrected chi connectivity index (χ3v) is 4.21. The van der Waals surface area contributed by atoms with Crippen LogP contribution >= 0.6 is 0 Å². The van der Waals surface area contributed by atoms with E-state index in [0.717, 1.165) is 0 Å². The van der Waals surface area contributed by atoms with Gasteiger partial charge in [0.15, 0.2) is 0 Å². The fourth-order valence-corrected chi connectivity index (χ4v) is 3.00. The Morgan fingerprint density at radius 2 is 1.45 bits per heavy atom. The van der Waals surface area contributed by atoms with Crippen LogP contribution in [0.25, 0.3) is 0 Å². The number of carboxylic acids is 1.